The van der Waals surface area contributed by atoms with Crippen LogP contribution < -0.4 is 4.74 Å². The van der Waals surface area contributed by atoms with Gasteiger partial charge in [-0.3, -0.25) is 4.98 Å². The highest BCUT2D eigenvalue weighted by molar-refractivity contribution is 5.64. The van der Waals surface area contributed by atoms with E-state index in [0.29, 0.717) is 5.92 Å². The van der Waals surface area contributed by atoms with Gasteiger partial charge in [0.2, 0.25) is 0 Å². The number of hydrogen-bond donors (Lipinski definition) is 0. The highest BCUT2D eigenvalue weighted by Gasteiger charge is 2.03. The molecule has 0 atom stereocenters. The fourth-order valence-electron chi connectivity index (χ4n) is 1.71. The van der Waals surface area contributed by atoms with Gasteiger partial charge in [0.05, 0.1) is 7.11 Å². The van der Waals surface area contributed by atoms with Gasteiger partial charge in [-0.15, -0.1) is 0 Å². The summed E-state index contributed by atoms with van der Waals surface area (Å²) in [6, 6.07) is 10.2. The van der Waals surface area contributed by atoms with Crippen molar-refractivity contribution in [2.75, 3.05) is 7.11 Å². The highest BCUT2D eigenvalue weighted by Crippen LogP contribution is 2.24. The Morgan fingerprint density at radius 1 is 1.00 bits per heavy atom. The first kappa shape index (κ1) is 11.6. The lowest BCUT2D eigenvalue weighted by Crippen LogP contribution is -1.90. The summed E-state index contributed by atoms with van der Waals surface area (Å²) in [5.41, 5.74) is 3.58. The molecule has 17 heavy (non-hydrogen) atoms. The standard InChI is InChI=1S/C15H17NO/c1-11(2)13-8-14(10-16-9-13)12-4-6-15(17-3)7-5-12/h4-11H,1-3H3. The van der Waals surface area contributed by atoms with Crippen molar-refractivity contribution in [1.82, 2.24) is 4.98 Å². The zero-order chi connectivity index (χ0) is 12.3. The Balaban J connectivity index is 2.35. The van der Waals surface area contributed by atoms with Gasteiger partial charge in [-0.05, 0) is 35.2 Å². The molecule has 0 fully saturated rings. The van der Waals surface area contributed by atoms with Crippen LogP contribution in [-0.4, -0.2) is 12.1 Å². The maximum Gasteiger partial charge on any atom is 0.118 e. The van der Waals surface area contributed by atoms with E-state index in [0.717, 1.165) is 11.3 Å². The summed E-state index contributed by atoms with van der Waals surface area (Å²) in [4.78, 5) is 4.29. The Morgan fingerprint density at radius 3 is 2.29 bits per heavy atom. The van der Waals surface area contributed by atoms with Crippen molar-refractivity contribution in [1.29, 1.82) is 0 Å². The molecule has 0 aliphatic carbocycles. The molecule has 2 nitrogen and oxygen atoms in total. The Labute approximate surface area is 102 Å². The maximum atomic E-state index is 5.15. The van der Waals surface area contributed by atoms with Crippen LogP contribution in [0.25, 0.3) is 11.1 Å². The second kappa shape index (κ2) is 5.00. The van der Waals surface area contributed by atoms with Crippen molar-refractivity contribution in [2.24, 2.45) is 0 Å². The van der Waals surface area contributed by atoms with E-state index in [1.165, 1.54) is 11.1 Å². The van der Waals surface area contributed by atoms with Gasteiger partial charge in [0, 0.05) is 18.0 Å². The van der Waals surface area contributed by atoms with E-state index in [2.05, 4.69) is 37.0 Å². The summed E-state index contributed by atoms with van der Waals surface area (Å²) in [7, 11) is 1.68. The lowest BCUT2D eigenvalue weighted by Gasteiger charge is -2.08. The van der Waals surface area contributed by atoms with Gasteiger partial charge in [0.15, 0.2) is 0 Å². The molecule has 0 N–H and O–H groups in total. The molecule has 0 radical (unpaired) electrons. The molecule has 1 heterocycles. The van der Waals surface area contributed by atoms with Crippen LogP contribution in [0.2, 0.25) is 0 Å². The first-order valence-electron chi connectivity index (χ1n) is 5.80. The number of rotatable bonds is 3. The van der Waals surface area contributed by atoms with Crippen molar-refractivity contribution >= 4 is 0 Å². The van der Waals surface area contributed by atoms with Gasteiger partial charge in [-0.2, -0.15) is 0 Å². The zero-order valence-corrected chi connectivity index (χ0v) is 10.5. The predicted molar refractivity (Wildman–Crippen MR) is 70.3 cm³/mol. The highest BCUT2D eigenvalue weighted by atomic mass is 16.5. The van der Waals surface area contributed by atoms with Crippen LogP contribution in [0.4, 0.5) is 0 Å². The number of hydrogen-bond acceptors (Lipinski definition) is 2. The molecule has 0 spiro atoms. The van der Waals surface area contributed by atoms with Gasteiger partial charge < -0.3 is 4.74 Å². The predicted octanol–water partition coefficient (Wildman–Crippen LogP) is 3.88. The summed E-state index contributed by atoms with van der Waals surface area (Å²) in [6.07, 6.45) is 3.82. The first-order chi connectivity index (χ1) is 8.20. The number of nitrogens with zero attached hydrogens (tertiary/aromatic N) is 1. The minimum Gasteiger partial charge on any atom is -0.497 e. The fourth-order valence-corrected chi connectivity index (χ4v) is 1.71. The van der Waals surface area contributed by atoms with Crippen molar-refractivity contribution in [3.8, 4) is 16.9 Å². The lowest BCUT2D eigenvalue weighted by atomic mass is 10.0. The Hall–Kier alpha value is -1.83. The zero-order valence-electron chi connectivity index (χ0n) is 10.5. The third kappa shape index (κ3) is 2.64. The van der Waals surface area contributed by atoms with E-state index in [1.54, 1.807) is 7.11 Å². The molecule has 88 valence electrons. The number of aromatic nitrogens is 1. The van der Waals surface area contributed by atoms with Gasteiger partial charge in [0.1, 0.15) is 5.75 Å². The van der Waals surface area contributed by atoms with E-state index in [-0.39, 0.29) is 0 Å². The molecule has 0 saturated heterocycles. The molecular formula is C15H17NO. The third-order valence-electron chi connectivity index (χ3n) is 2.85. The summed E-state index contributed by atoms with van der Waals surface area (Å²) in [5.74, 6) is 1.38. The van der Waals surface area contributed by atoms with Crippen LogP contribution in [0.15, 0.2) is 42.7 Å². The van der Waals surface area contributed by atoms with Crippen molar-refractivity contribution in [2.45, 2.75) is 19.8 Å². The van der Waals surface area contributed by atoms with Crippen LogP contribution in [0.5, 0.6) is 5.75 Å². The van der Waals surface area contributed by atoms with Crippen LogP contribution in [0.3, 0.4) is 0 Å². The molecule has 0 aliphatic rings. The normalized spacial score (nSPS) is 10.6. The van der Waals surface area contributed by atoms with E-state index in [4.69, 9.17) is 4.74 Å². The topological polar surface area (TPSA) is 22.1 Å². The van der Waals surface area contributed by atoms with E-state index >= 15 is 0 Å². The molecule has 0 aliphatic heterocycles. The smallest absolute Gasteiger partial charge is 0.118 e. The van der Waals surface area contributed by atoms with Crippen LogP contribution >= 0.6 is 0 Å². The van der Waals surface area contributed by atoms with Gasteiger partial charge in [-0.1, -0.05) is 26.0 Å². The molecular weight excluding hydrogens is 210 g/mol. The number of benzene rings is 1. The Morgan fingerprint density at radius 2 is 1.71 bits per heavy atom. The number of pyridine rings is 1. The summed E-state index contributed by atoms with van der Waals surface area (Å²) < 4.78 is 5.15. The SMILES string of the molecule is COc1ccc(-c2cncc(C(C)C)c2)cc1. The molecule has 0 amide bonds. The van der Waals surface area contributed by atoms with Crippen molar-refractivity contribution in [3.05, 3.63) is 48.3 Å². The van der Waals surface area contributed by atoms with Crippen molar-refractivity contribution in [3.63, 3.8) is 0 Å². The summed E-state index contributed by atoms with van der Waals surface area (Å²) in [5, 5.41) is 0. The molecule has 0 saturated carbocycles. The average molecular weight is 227 g/mol. The van der Waals surface area contributed by atoms with Crippen LogP contribution in [-0.2, 0) is 0 Å². The average Bonchev–Trinajstić information content (AvgIpc) is 2.39. The lowest BCUT2D eigenvalue weighted by molar-refractivity contribution is 0.415. The largest absolute Gasteiger partial charge is 0.497 e. The van der Waals surface area contributed by atoms with Crippen LogP contribution in [0, 0.1) is 0 Å². The minimum absolute atomic E-state index is 0.501. The minimum atomic E-state index is 0.501. The number of ether oxygens (including phenoxy) is 1. The maximum absolute atomic E-state index is 5.15. The summed E-state index contributed by atoms with van der Waals surface area (Å²) in [6.45, 7) is 4.35. The monoisotopic (exact) mass is 227 g/mol. The molecule has 2 aromatic rings. The second-order valence-corrected chi connectivity index (χ2v) is 4.39. The van der Waals surface area contributed by atoms with E-state index in [1.807, 2.05) is 24.5 Å². The molecule has 1 aromatic carbocycles. The quantitative estimate of drug-likeness (QED) is 0.793. The van der Waals surface area contributed by atoms with Gasteiger partial charge in [0.25, 0.3) is 0 Å². The van der Waals surface area contributed by atoms with E-state index < -0.39 is 0 Å². The molecule has 2 heteroatoms. The molecule has 2 rings (SSSR count). The van der Waals surface area contributed by atoms with Crippen molar-refractivity contribution < 1.29 is 4.74 Å². The summed E-state index contributed by atoms with van der Waals surface area (Å²) >= 11 is 0. The molecule has 0 unspecified atom stereocenters. The molecule has 0 bridgehead atoms. The van der Waals surface area contributed by atoms with Crippen LogP contribution in [0.1, 0.15) is 25.3 Å². The third-order valence-corrected chi connectivity index (χ3v) is 2.85. The number of methoxy groups -OCH3 is 1. The van der Waals surface area contributed by atoms with Gasteiger partial charge in [-0.25, -0.2) is 0 Å². The first-order valence-corrected chi connectivity index (χ1v) is 5.80. The Kier molecular flexibility index (Phi) is 3.43. The molecule has 1 aromatic heterocycles. The fraction of sp³-hybridized carbons (Fsp3) is 0.267. The van der Waals surface area contributed by atoms with Gasteiger partial charge >= 0.3 is 0 Å². The second-order valence-electron chi connectivity index (χ2n) is 4.39. The Bertz CT molecular complexity index is 489. The van der Waals surface area contributed by atoms with E-state index in [9.17, 15) is 0 Å².